The van der Waals surface area contributed by atoms with Crippen molar-refractivity contribution in [1.29, 1.82) is 0 Å². The molecule has 0 fully saturated rings. The van der Waals surface area contributed by atoms with Crippen LogP contribution in [0.2, 0.25) is 0 Å². The van der Waals surface area contributed by atoms with Crippen LogP contribution in [0.25, 0.3) is 0 Å². The maximum Gasteiger partial charge on any atom is 0.328 e. The quantitative estimate of drug-likeness (QED) is 0.726. The standard InChI is InChI=1S/C12H13N5O3/c1-20-12(19)9(7-8-5-3-2-4-6-8)13-11(18)10-14-16-17-15-10/h2-6,9H,7H2,1H3,(H,13,18)(H,14,15,16,17). The molecule has 0 bridgehead atoms. The van der Waals surface area contributed by atoms with E-state index in [4.69, 9.17) is 0 Å². The molecule has 0 aliphatic carbocycles. The number of benzene rings is 1. The molecular formula is C12H13N5O3. The van der Waals surface area contributed by atoms with E-state index < -0.39 is 17.9 Å². The monoisotopic (exact) mass is 275 g/mol. The number of hydrogen-bond donors (Lipinski definition) is 2. The molecule has 0 radical (unpaired) electrons. The van der Waals surface area contributed by atoms with Crippen molar-refractivity contribution < 1.29 is 14.3 Å². The number of aromatic nitrogens is 4. The van der Waals surface area contributed by atoms with Crippen molar-refractivity contribution in [3.8, 4) is 0 Å². The third-order valence-electron chi connectivity index (χ3n) is 2.62. The number of carbonyl (C=O) groups is 2. The van der Waals surface area contributed by atoms with Crippen molar-refractivity contribution in [3.63, 3.8) is 0 Å². The summed E-state index contributed by atoms with van der Waals surface area (Å²) in [6, 6.07) is 8.48. The Morgan fingerprint density at radius 2 is 2.10 bits per heavy atom. The van der Waals surface area contributed by atoms with Crippen LogP contribution in [-0.4, -0.2) is 45.7 Å². The SMILES string of the molecule is COC(=O)C(Cc1ccccc1)NC(=O)c1nn[nH]n1. The minimum absolute atomic E-state index is 0.132. The van der Waals surface area contributed by atoms with Gasteiger partial charge in [0.15, 0.2) is 0 Å². The second-order valence-corrected chi connectivity index (χ2v) is 3.97. The second-order valence-electron chi connectivity index (χ2n) is 3.97. The molecule has 2 N–H and O–H groups in total. The fourth-order valence-corrected chi connectivity index (χ4v) is 1.67. The number of rotatable bonds is 5. The molecule has 1 atom stereocenters. The highest BCUT2D eigenvalue weighted by atomic mass is 16.5. The van der Waals surface area contributed by atoms with Gasteiger partial charge in [-0.2, -0.15) is 5.21 Å². The molecule has 1 amide bonds. The van der Waals surface area contributed by atoms with Crippen LogP contribution in [0.3, 0.4) is 0 Å². The van der Waals surface area contributed by atoms with Gasteiger partial charge in [0.05, 0.1) is 7.11 Å². The van der Waals surface area contributed by atoms with Gasteiger partial charge < -0.3 is 10.1 Å². The van der Waals surface area contributed by atoms with Crippen LogP contribution in [0.15, 0.2) is 30.3 Å². The topological polar surface area (TPSA) is 110 Å². The summed E-state index contributed by atoms with van der Waals surface area (Å²) in [7, 11) is 1.26. The van der Waals surface area contributed by atoms with Crippen LogP contribution in [0.5, 0.6) is 0 Å². The number of carbonyl (C=O) groups excluding carboxylic acids is 2. The van der Waals surface area contributed by atoms with Gasteiger partial charge in [0, 0.05) is 6.42 Å². The van der Waals surface area contributed by atoms with E-state index in [-0.39, 0.29) is 5.82 Å². The maximum absolute atomic E-state index is 11.8. The summed E-state index contributed by atoms with van der Waals surface area (Å²) in [6.45, 7) is 0. The summed E-state index contributed by atoms with van der Waals surface area (Å²) in [4.78, 5) is 23.5. The van der Waals surface area contributed by atoms with Gasteiger partial charge in [-0.25, -0.2) is 4.79 Å². The summed E-state index contributed by atoms with van der Waals surface area (Å²) in [5, 5.41) is 15.1. The fraction of sp³-hybridized carbons (Fsp3) is 0.250. The predicted molar refractivity (Wildman–Crippen MR) is 67.6 cm³/mol. The molecule has 20 heavy (non-hydrogen) atoms. The Kier molecular flexibility index (Phi) is 4.38. The van der Waals surface area contributed by atoms with Crippen LogP contribution in [0.4, 0.5) is 0 Å². The predicted octanol–water partition coefficient (Wildman–Crippen LogP) is -0.286. The molecule has 1 aromatic carbocycles. The van der Waals surface area contributed by atoms with Crippen molar-refractivity contribution >= 4 is 11.9 Å². The zero-order valence-corrected chi connectivity index (χ0v) is 10.7. The molecule has 1 aromatic heterocycles. The van der Waals surface area contributed by atoms with Gasteiger partial charge in [-0.05, 0) is 10.8 Å². The van der Waals surface area contributed by atoms with E-state index in [0.29, 0.717) is 6.42 Å². The lowest BCUT2D eigenvalue weighted by Gasteiger charge is -2.15. The lowest BCUT2D eigenvalue weighted by molar-refractivity contribution is -0.142. The zero-order chi connectivity index (χ0) is 14.4. The largest absolute Gasteiger partial charge is 0.467 e. The van der Waals surface area contributed by atoms with E-state index in [1.807, 2.05) is 30.3 Å². The number of hydrogen-bond acceptors (Lipinski definition) is 6. The van der Waals surface area contributed by atoms with Gasteiger partial charge in [0.1, 0.15) is 6.04 Å². The van der Waals surface area contributed by atoms with Crippen LogP contribution in [-0.2, 0) is 16.0 Å². The molecule has 2 rings (SSSR count). The van der Waals surface area contributed by atoms with E-state index in [9.17, 15) is 9.59 Å². The molecule has 1 heterocycles. The third kappa shape index (κ3) is 3.37. The number of tetrazole rings is 1. The smallest absolute Gasteiger partial charge is 0.328 e. The van der Waals surface area contributed by atoms with Crippen molar-refractivity contribution in [2.24, 2.45) is 0 Å². The van der Waals surface area contributed by atoms with Crippen LogP contribution in [0, 0.1) is 0 Å². The number of aromatic amines is 1. The summed E-state index contributed by atoms with van der Waals surface area (Å²) >= 11 is 0. The van der Waals surface area contributed by atoms with Gasteiger partial charge in [-0.1, -0.05) is 30.3 Å². The highest BCUT2D eigenvalue weighted by molar-refractivity contribution is 5.93. The molecule has 0 saturated heterocycles. The second kappa shape index (κ2) is 6.41. The third-order valence-corrected chi connectivity index (χ3v) is 2.62. The van der Waals surface area contributed by atoms with Gasteiger partial charge in [0.2, 0.25) is 0 Å². The van der Waals surface area contributed by atoms with Crippen molar-refractivity contribution in [2.75, 3.05) is 7.11 Å². The first-order chi connectivity index (χ1) is 9.70. The van der Waals surface area contributed by atoms with Crippen molar-refractivity contribution in [1.82, 2.24) is 25.9 Å². The number of nitrogens with zero attached hydrogens (tertiary/aromatic N) is 3. The molecule has 104 valence electrons. The average molecular weight is 275 g/mol. The van der Waals surface area contributed by atoms with Crippen LogP contribution >= 0.6 is 0 Å². The number of amides is 1. The normalized spacial score (nSPS) is 11.7. The molecular weight excluding hydrogens is 262 g/mol. The number of ether oxygens (including phenoxy) is 1. The van der Waals surface area contributed by atoms with Crippen LogP contribution in [0.1, 0.15) is 16.2 Å². The Morgan fingerprint density at radius 1 is 1.35 bits per heavy atom. The summed E-state index contributed by atoms with van der Waals surface area (Å²) in [5.41, 5.74) is 0.899. The number of H-pyrrole nitrogens is 1. The Bertz CT molecular complexity index is 570. The van der Waals surface area contributed by atoms with E-state index in [2.05, 4.69) is 30.7 Å². The maximum atomic E-state index is 11.8. The molecule has 2 aromatic rings. The summed E-state index contributed by atoms with van der Waals surface area (Å²) < 4.78 is 4.68. The molecule has 0 saturated carbocycles. The number of nitrogens with one attached hydrogen (secondary N) is 2. The van der Waals surface area contributed by atoms with Crippen molar-refractivity contribution in [3.05, 3.63) is 41.7 Å². The lowest BCUT2D eigenvalue weighted by atomic mass is 10.1. The van der Waals surface area contributed by atoms with Gasteiger partial charge in [-0.3, -0.25) is 4.79 Å². The molecule has 8 heteroatoms. The Morgan fingerprint density at radius 3 is 2.70 bits per heavy atom. The average Bonchev–Trinajstić information content (AvgIpc) is 3.01. The highest BCUT2D eigenvalue weighted by Gasteiger charge is 2.24. The minimum atomic E-state index is -0.812. The van der Waals surface area contributed by atoms with E-state index in [0.717, 1.165) is 5.56 Å². The van der Waals surface area contributed by atoms with Gasteiger partial charge in [0.25, 0.3) is 11.7 Å². The molecule has 1 unspecified atom stereocenters. The molecule has 0 aliphatic heterocycles. The molecule has 0 spiro atoms. The van der Waals surface area contributed by atoms with Gasteiger partial charge >= 0.3 is 5.97 Å². The summed E-state index contributed by atoms with van der Waals surface area (Å²) in [5.74, 6) is -1.26. The Balaban J connectivity index is 2.08. The van der Waals surface area contributed by atoms with E-state index >= 15 is 0 Å². The van der Waals surface area contributed by atoms with Gasteiger partial charge in [-0.15, -0.1) is 10.2 Å². The minimum Gasteiger partial charge on any atom is -0.467 e. The highest BCUT2D eigenvalue weighted by Crippen LogP contribution is 2.05. The fourth-order valence-electron chi connectivity index (χ4n) is 1.67. The Labute approximate surface area is 114 Å². The first-order valence-electron chi connectivity index (χ1n) is 5.86. The van der Waals surface area contributed by atoms with Crippen molar-refractivity contribution in [2.45, 2.75) is 12.5 Å². The van der Waals surface area contributed by atoms with Crippen LogP contribution < -0.4 is 5.32 Å². The summed E-state index contributed by atoms with van der Waals surface area (Å²) in [6.07, 6.45) is 0.317. The Hall–Kier alpha value is -2.77. The molecule has 8 nitrogen and oxygen atoms in total. The first-order valence-corrected chi connectivity index (χ1v) is 5.86. The lowest BCUT2D eigenvalue weighted by Crippen LogP contribution is -2.43. The number of esters is 1. The van der Waals surface area contributed by atoms with E-state index in [1.165, 1.54) is 7.11 Å². The first kappa shape index (κ1) is 13.7. The zero-order valence-electron chi connectivity index (χ0n) is 10.7. The number of methoxy groups -OCH3 is 1. The van der Waals surface area contributed by atoms with E-state index in [1.54, 1.807) is 0 Å². The molecule has 0 aliphatic rings.